The number of hydroxylamine groups is 1. The summed E-state index contributed by atoms with van der Waals surface area (Å²) in [5.41, 5.74) is 3.39. The molecule has 2 aromatic carbocycles. The topological polar surface area (TPSA) is 79.2 Å². The number of amides is 1. The van der Waals surface area contributed by atoms with E-state index in [0.29, 0.717) is 27.1 Å². The molecular weight excluding hydrogens is 478 g/mol. The summed E-state index contributed by atoms with van der Waals surface area (Å²) in [6.45, 7) is 0. The molecule has 9 heteroatoms. The molecule has 0 aliphatic carbocycles. The fourth-order valence-corrected chi connectivity index (χ4v) is 3.39. The molecule has 0 fully saturated rings. The van der Waals surface area contributed by atoms with E-state index in [2.05, 4.69) is 33.0 Å². The van der Waals surface area contributed by atoms with Gasteiger partial charge in [-0.15, -0.1) is 0 Å². The number of carbonyl (C=O) groups excluding carboxylic acids is 1. The highest BCUT2D eigenvalue weighted by Crippen LogP contribution is 2.33. The van der Waals surface area contributed by atoms with E-state index in [0.717, 1.165) is 3.57 Å². The monoisotopic (exact) mass is 488 g/mol. The van der Waals surface area contributed by atoms with Crippen molar-refractivity contribution in [3.8, 4) is 5.69 Å². The van der Waals surface area contributed by atoms with Gasteiger partial charge in [0.25, 0.3) is 5.91 Å². The van der Waals surface area contributed by atoms with Gasteiger partial charge in [-0.05, 0) is 59.0 Å². The Morgan fingerprint density at radius 2 is 1.96 bits per heavy atom. The van der Waals surface area contributed by atoms with E-state index >= 15 is 0 Å². The van der Waals surface area contributed by atoms with Gasteiger partial charge in [0.05, 0.1) is 32.7 Å². The lowest BCUT2D eigenvalue weighted by Gasteiger charge is -2.15. The first-order valence-corrected chi connectivity index (χ1v) is 8.83. The van der Waals surface area contributed by atoms with Crippen molar-refractivity contribution < 1.29 is 10.0 Å². The molecule has 3 N–H and O–H groups in total. The van der Waals surface area contributed by atoms with E-state index in [-0.39, 0.29) is 5.56 Å². The first-order valence-electron chi connectivity index (χ1n) is 6.99. The van der Waals surface area contributed by atoms with Crippen molar-refractivity contribution in [2.24, 2.45) is 0 Å². The predicted octanol–water partition coefficient (Wildman–Crippen LogP) is 4.65. The second-order valence-corrected chi connectivity index (χ2v) is 7.05. The van der Waals surface area contributed by atoms with E-state index in [1.54, 1.807) is 46.8 Å². The molecule has 0 aliphatic heterocycles. The molecular formula is C16H11Cl2IN4O2. The number of nitrogens with zero attached hydrogens (tertiary/aromatic N) is 2. The number of aromatic nitrogens is 2. The van der Waals surface area contributed by atoms with Crippen molar-refractivity contribution in [3.05, 3.63) is 68.0 Å². The smallest absolute Gasteiger partial charge is 0.276 e. The summed E-state index contributed by atoms with van der Waals surface area (Å²) < 4.78 is 2.55. The summed E-state index contributed by atoms with van der Waals surface area (Å²) >= 11 is 14.7. The largest absolute Gasteiger partial charge is 0.354 e. The van der Waals surface area contributed by atoms with Crippen LogP contribution in [0.25, 0.3) is 5.69 Å². The van der Waals surface area contributed by atoms with Crippen LogP contribution in [0.3, 0.4) is 0 Å². The Balaban J connectivity index is 2.11. The number of rotatable bonds is 4. The normalized spacial score (nSPS) is 10.6. The second kappa shape index (κ2) is 7.61. The zero-order valence-electron chi connectivity index (χ0n) is 12.5. The van der Waals surface area contributed by atoms with Crippen molar-refractivity contribution in [3.63, 3.8) is 0 Å². The van der Waals surface area contributed by atoms with E-state index in [9.17, 15) is 4.79 Å². The molecule has 0 atom stereocenters. The van der Waals surface area contributed by atoms with Crippen molar-refractivity contribution >= 4 is 63.1 Å². The van der Waals surface area contributed by atoms with Crippen LogP contribution in [0.1, 0.15) is 10.4 Å². The maximum absolute atomic E-state index is 12.0. The summed E-state index contributed by atoms with van der Waals surface area (Å²) in [7, 11) is 0. The minimum absolute atomic E-state index is 0.165. The minimum atomic E-state index is -0.696. The third kappa shape index (κ3) is 3.90. The van der Waals surface area contributed by atoms with Crippen LogP contribution in [0.5, 0.6) is 0 Å². The van der Waals surface area contributed by atoms with Crippen molar-refractivity contribution in [1.29, 1.82) is 0 Å². The molecule has 1 heterocycles. The molecule has 3 rings (SSSR count). The standard InChI is InChI=1S/C16H11Cl2IN4O2/c17-11-6-9(19)2-3-13(11)21-14-8-15(23-5-1-4-20-23)12(18)7-10(14)16(24)22-25/h1-8,21,25H,(H,22,24). The summed E-state index contributed by atoms with van der Waals surface area (Å²) in [6.07, 6.45) is 3.35. The fourth-order valence-electron chi connectivity index (χ4n) is 2.24. The first-order chi connectivity index (χ1) is 12.0. The zero-order chi connectivity index (χ0) is 18.0. The molecule has 0 bridgehead atoms. The van der Waals surface area contributed by atoms with Gasteiger partial charge < -0.3 is 5.32 Å². The Morgan fingerprint density at radius 1 is 1.16 bits per heavy atom. The Kier molecular flexibility index (Phi) is 5.48. The highest BCUT2D eigenvalue weighted by atomic mass is 127. The van der Waals surface area contributed by atoms with Crippen LogP contribution >= 0.6 is 45.8 Å². The number of anilines is 2. The van der Waals surface area contributed by atoms with Gasteiger partial charge in [0.1, 0.15) is 0 Å². The van der Waals surface area contributed by atoms with Crippen molar-refractivity contribution in [1.82, 2.24) is 15.3 Å². The van der Waals surface area contributed by atoms with Gasteiger partial charge in [-0.25, -0.2) is 10.2 Å². The number of nitrogens with one attached hydrogen (secondary N) is 2. The minimum Gasteiger partial charge on any atom is -0.354 e. The van der Waals surface area contributed by atoms with Gasteiger partial charge in [0.2, 0.25) is 0 Å². The molecule has 1 aromatic heterocycles. The summed E-state index contributed by atoms with van der Waals surface area (Å²) in [5, 5.41) is 17.1. The molecule has 0 aliphatic rings. The van der Waals surface area contributed by atoms with Crippen LogP contribution in [-0.2, 0) is 0 Å². The molecule has 6 nitrogen and oxygen atoms in total. The molecule has 128 valence electrons. The average molecular weight is 489 g/mol. The van der Waals surface area contributed by atoms with Crippen molar-refractivity contribution in [2.75, 3.05) is 5.32 Å². The highest BCUT2D eigenvalue weighted by molar-refractivity contribution is 14.1. The van der Waals surface area contributed by atoms with Crippen LogP contribution in [0.15, 0.2) is 48.8 Å². The number of halogens is 3. The summed E-state index contributed by atoms with van der Waals surface area (Å²) in [5.74, 6) is -0.696. The number of hydrogen-bond acceptors (Lipinski definition) is 4. The number of hydrogen-bond donors (Lipinski definition) is 3. The van der Waals surface area contributed by atoms with Gasteiger partial charge in [-0.3, -0.25) is 10.0 Å². The Labute approximate surface area is 166 Å². The van der Waals surface area contributed by atoms with Gasteiger partial charge in [-0.2, -0.15) is 5.10 Å². The molecule has 0 unspecified atom stereocenters. The van der Waals surface area contributed by atoms with E-state index in [4.69, 9.17) is 28.4 Å². The van der Waals surface area contributed by atoms with Crippen LogP contribution in [-0.4, -0.2) is 20.9 Å². The maximum Gasteiger partial charge on any atom is 0.276 e. The first kappa shape index (κ1) is 18.0. The average Bonchev–Trinajstić information content (AvgIpc) is 3.12. The molecule has 0 spiro atoms. The lowest BCUT2D eigenvalue weighted by Crippen LogP contribution is -2.20. The van der Waals surface area contributed by atoms with Gasteiger partial charge >= 0.3 is 0 Å². The fraction of sp³-hybridized carbons (Fsp3) is 0. The molecule has 3 aromatic rings. The van der Waals surface area contributed by atoms with E-state index in [1.807, 2.05) is 6.07 Å². The third-order valence-corrected chi connectivity index (χ3v) is 4.67. The number of benzene rings is 2. The van der Waals surface area contributed by atoms with Gasteiger partial charge in [-0.1, -0.05) is 23.2 Å². The Hall–Kier alpha value is -1.81. The van der Waals surface area contributed by atoms with Crippen molar-refractivity contribution in [2.45, 2.75) is 0 Å². The Bertz CT molecular complexity index is 932. The number of carbonyl (C=O) groups is 1. The molecule has 1 amide bonds. The zero-order valence-corrected chi connectivity index (χ0v) is 16.2. The lowest BCUT2D eigenvalue weighted by atomic mass is 10.1. The summed E-state index contributed by atoms with van der Waals surface area (Å²) in [4.78, 5) is 12.0. The van der Waals surface area contributed by atoms with Crippen LogP contribution in [0, 0.1) is 3.57 Å². The predicted molar refractivity (Wildman–Crippen MR) is 105 cm³/mol. The molecule has 0 saturated carbocycles. The molecule has 25 heavy (non-hydrogen) atoms. The van der Waals surface area contributed by atoms with Crippen LogP contribution in [0.4, 0.5) is 11.4 Å². The quantitative estimate of drug-likeness (QED) is 0.284. The highest BCUT2D eigenvalue weighted by Gasteiger charge is 2.17. The molecule has 0 radical (unpaired) electrons. The van der Waals surface area contributed by atoms with Gasteiger partial charge in [0.15, 0.2) is 0 Å². The maximum atomic E-state index is 12.0. The van der Waals surface area contributed by atoms with Crippen LogP contribution in [0.2, 0.25) is 10.0 Å². The van der Waals surface area contributed by atoms with Crippen LogP contribution < -0.4 is 10.8 Å². The second-order valence-electron chi connectivity index (χ2n) is 4.99. The van der Waals surface area contributed by atoms with E-state index in [1.165, 1.54) is 6.07 Å². The Morgan fingerprint density at radius 3 is 2.60 bits per heavy atom. The SMILES string of the molecule is O=C(NO)c1cc(Cl)c(-n2cccn2)cc1Nc1ccc(I)cc1Cl. The van der Waals surface area contributed by atoms with Gasteiger partial charge in [0, 0.05) is 16.0 Å². The third-order valence-electron chi connectivity index (χ3n) is 3.38. The molecule has 0 saturated heterocycles. The lowest BCUT2D eigenvalue weighted by molar-refractivity contribution is 0.0707. The van der Waals surface area contributed by atoms with E-state index < -0.39 is 5.91 Å². The summed E-state index contributed by atoms with van der Waals surface area (Å²) in [6, 6.07) is 10.3.